The molecule has 0 aromatic carbocycles. The maximum atomic E-state index is 5.67. The van der Waals surface area contributed by atoms with Crippen LogP contribution in [0.5, 0.6) is 0 Å². The Balaban J connectivity index is 2.32. The Kier molecular flexibility index (Phi) is 3.71. The van der Waals surface area contributed by atoms with Crippen LogP contribution in [0.1, 0.15) is 32.8 Å². The van der Waals surface area contributed by atoms with Crippen LogP contribution < -0.4 is 5.73 Å². The number of hydrogen-bond donors (Lipinski definition) is 1. The van der Waals surface area contributed by atoms with Gasteiger partial charge in [-0.1, -0.05) is 20.8 Å². The molecule has 18 heavy (non-hydrogen) atoms. The van der Waals surface area contributed by atoms with Gasteiger partial charge in [-0.05, 0) is 42.5 Å². The predicted octanol–water partition coefficient (Wildman–Crippen LogP) is 2.97. The average molecular weight is 245 g/mol. The van der Waals surface area contributed by atoms with E-state index < -0.39 is 0 Å². The molecule has 0 saturated heterocycles. The Hall–Kier alpha value is -1.35. The molecule has 0 unspecified atom stereocenters. The molecule has 3 heteroatoms. The first-order valence-electron chi connectivity index (χ1n) is 6.64. The zero-order valence-corrected chi connectivity index (χ0v) is 11.6. The van der Waals surface area contributed by atoms with E-state index >= 15 is 0 Å². The van der Waals surface area contributed by atoms with Gasteiger partial charge in [-0.2, -0.15) is 0 Å². The number of fused-ring (bicyclic) bond motifs is 1. The minimum atomic E-state index is 0.347. The van der Waals surface area contributed by atoms with Gasteiger partial charge in [0.05, 0.1) is 0 Å². The Morgan fingerprint density at radius 2 is 2.11 bits per heavy atom. The van der Waals surface area contributed by atoms with Crippen LogP contribution in [-0.2, 0) is 13.0 Å². The van der Waals surface area contributed by atoms with E-state index in [1.807, 2.05) is 12.3 Å². The number of aromatic nitrogens is 2. The molecule has 0 aliphatic carbocycles. The summed E-state index contributed by atoms with van der Waals surface area (Å²) in [6, 6.07) is 4.14. The van der Waals surface area contributed by atoms with Gasteiger partial charge in [0.25, 0.3) is 0 Å². The smallest absolute Gasteiger partial charge is 0.140 e. The van der Waals surface area contributed by atoms with Gasteiger partial charge in [0, 0.05) is 24.3 Å². The van der Waals surface area contributed by atoms with Crippen LogP contribution >= 0.6 is 0 Å². The molecule has 0 fully saturated rings. The summed E-state index contributed by atoms with van der Waals surface area (Å²) in [4.78, 5) is 4.51. The molecule has 2 N–H and O–H groups in total. The van der Waals surface area contributed by atoms with E-state index in [9.17, 15) is 0 Å². The fourth-order valence-corrected chi connectivity index (χ4v) is 2.18. The van der Waals surface area contributed by atoms with E-state index in [1.165, 1.54) is 10.9 Å². The fourth-order valence-electron chi connectivity index (χ4n) is 2.18. The Labute approximate surface area is 109 Å². The number of hydrogen-bond acceptors (Lipinski definition) is 2. The van der Waals surface area contributed by atoms with Crippen molar-refractivity contribution in [2.75, 3.05) is 6.54 Å². The number of nitrogens with zero attached hydrogens (tertiary/aromatic N) is 2. The maximum absolute atomic E-state index is 5.67. The Morgan fingerprint density at radius 3 is 2.78 bits per heavy atom. The number of nitrogens with two attached hydrogens (primary N) is 1. The number of aryl methyl sites for hydroxylation is 1. The average Bonchev–Trinajstić information content (AvgIpc) is 2.65. The van der Waals surface area contributed by atoms with Gasteiger partial charge in [0.1, 0.15) is 5.65 Å². The second-order valence-electron chi connectivity index (χ2n) is 6.07. The molecule has 0 saturated carbocycles. The quantitative estimate of drug-likeness (QED) is 0.900. The zero-order valence-electron chi connectivity index (χ0n) is 11.6. The summed E-state index contributed by atoms with van der Waals surface area (Å²) in [7, 11) is 0. The van der Waals surface area contributed by atoms with Crippen molar-refractivity contribution >= 4 is 11.0 Å². The topological polar surface area (TPSA) is 43.8 Å². The van der Waals surface area contributed by atoms with E-state index in [4.69, 9.17) is 5.73 Å². The van der Waals surface area contributed by atoms with Crippen LogP contribution in [0.2, 0.25) is 0 Å². The highest BCUT2D eigenvalue weighted by molar-refractivity contribution is 5.80. The molecule has 0 bridgehead atoms. The molecule has 0 radical (unpaired) electrons. The van der Waals surface area contributed by atoms with Crippen LogP contribution in [0.15, 0.2) is 24.5 Å². The molecule has 2 heterocycles. The highest BCUT2D eigenvalue weighted by atomic mass is 15.0. The lowest BCUT2D eigenvalue weighted by molar-refractivity contribution is 0.352. The fraction of sp³-hybridized carbons (Fsp3) is 0.533. The summed E-state index contributed by atoms with van der Waals surface area (Å²) in [6.07, 6.45) is 6.15. The van der Waals surface area contributed by atoms with Crippen LogP contribution in [0.25, 0.3) is 11.0 Å². The lowest BCUT2D eigenvalue weighted by Crippen LogP contribution is -2.10. The molecule has 2 aromatic rings. The van der Waals surface area contributed by atoms with Crippen LogP contribution in [0.4, 0.5) is 0 Å². The van der Waals surface area contributed by atoms with E-state index in [0.29, 0.717) is 12.0 Å². The van der Waals surface area contributed by atoms with E-state index in [2.05, 4.69) is 42.6 Å². The normalized spacial score (nSPS) is 12.2. The van der Waals surface area contributed by atoms with Gasteiger partial charge in [-0.25, -0.2) is 4.98 Å². The molecule has 0 spiro atoms. The minimum Gasteiger partial charge on any atom is -0.332 e. The third-order valence-electron chi connectivity index (χ3n) is 3.23. The molecule has 0 aliphatic rings. The van der Waals surface area contributed by atoms with E-state index in [1.54, 1.807) is 0 Å². The molecular formula is C15H23N3. The third kappa shape index (κ3) is 2.91. The first-order chi connectivity index (χ1) is 8.51. The summed E-state index contributed by atoms with van der Waals surface area (Å²) in [5.41, 5.74) is 8.42. The highest BCUT2D eigenvalue weighted by Crippen LogP contribution is 2.24. The molecule has 2 aromatic heterocycles. The van der Waals surface area contributed by atoms with Crippen molar-refractivity contribution in [1.29, 1.82) is 0 Å². The molecule has 98 valence electrons. The Morgan fingerprint density at radius 1 is 1.33 bits per heavy atom. The maximum Gasteiger partial charge on any atom is 0.140 e. The zero-order chi connectivity index (χ0) is 13.2. The summed E-state index contributed by atoms with van der Waals surface area (Å²) in [5, 5.41) is 1.25. The van der Waals surface area contributed by atoms with Crippen LogP contribution in [0.3, 0.4) is 0 Å². The molecular weight excluding hydrogens is 222 g/mol. The van der Waals surface area contributed by atoms with Crippen molar-refractivity contribution in [1.82, 2.24) is 9.55 Å². The molecule has 0 amide bonds. The SMILES string of the molecule is CC(C)(C)CCn1cc(CCN)c2cccnc21. The van der Waals surface area contributed by atoms with E-state index in [-0.39, 0.29) is 0 Å². The van der Waals surface area contributed by atoms with Crippen molar-refractivity contribution in [2.24, 2.45) is 11.1 Å². The largest absolute Gasteiger partial charge is 0.332 e. The summed E-state index contributed by atoms with van der Waals surface area (Å²) in [6.45, 7) is 8.52. The van der Waals surface area contributed by atoms with E-state index in [0.717, 1.165) is 25.0 Å². The lowest BCUT2D eigenvalue weighted by atomic mass is 9.92. The van der Waals surface area contributed by atoms with Crippen molar-refractivity contribution in [3.63, 3.8) is 0 Å². The summed E-state index contributed by atoms with van der Waals surface area (Å²) < 4.78 is 2.27. The molecule has 0 aliphatic heterocycles. The van der Waals surface area contributed by atoms with Crippen molar-refractivity contribution in [2.45, 2.75) is 40.2 Å². The lowest BCUT2D eigenvalue weighted by Gasteiger charge is -2.18. The first-order valence-corrected chi connectivity index (χ1v) is 6.64. The first kappa shape index (κ1) is 13.1. The second kappa shape index (κ2) is 5.11. The number of rotatable bonds is 4. The Bertz CT molecular complexity index is 520. The van der Waals surface area contributed by atoms with Gasteiger partial charge in [0.2, 0.25) is 0 Å². The monoisotopic (exact) mass is 245 g/mol. The molecule has 3 nitrogen and oxygen atoms in total. The summed E-state index contributed by atoms with van der Waals surface area (Å²) >= 11 is 0. The third-order valence-corrected chi connectivity index (χ3v) is 3.23. The number of pyridine rings is 1. The van der Waals surface area contributed by atoms with Crippen LogP contribution in [-0.4, -0.2) is 16.1 Å². The highest BCUT2D eigenvalue weighted by Gasteiger charge is 2.13. The van der Waals surface area contributed by atoms with Crippen molar-refractivity contribution in [3.8, 4) is 0 Å². The van der Waals surface area contributed by atoms with Crippen molar-refractivity contribution in [3.05, 3.63) is 30.1 Å². The summed E-state index contributed by atoms with van der Waals surface area (Å²) in [5.74, 6) is 0. The second-order valence-corrected chi connectivity index (χ2v) is 6.07. The van der Waals surface area contributed by atoms with Gasteiger partial charge in [-0.3, -0.25) is 0 Å². The predicted molar refractivity (Wildman–Crippen MR) is 76.6 cm³/mol. The standard InChI is InChI=1S/C15H23N3/c1-15(2,3)7-10-18-11-12(6-8-16)13-5-4-9-17-14(13)18/h4-5,9,11H,6-8,10,16H2,1-3H3. The van der Waals surface area contributed by atoms with Gasteiger partial charge >= 0.3 is 0 Å². The van der Waals surface area contributed by atoms with Crippen LogP contribution in [0, 0.1) is 5.41 Å². The van der Waals surface area contributed by atoms with Gasteiger partial charge in [-0.15, -0.1) is 0 Å². The van der Waals surface area contributed by atoms with Gasteiger partial charge < -0.3 is 10.3 Å². The van der Waals surface area contributed by atoms with Crippen molar-refractivity contribution < 1.29 is 0 Å². The molecule has 0 atom stereocenters. The molecule has 2 rings (SSSR count). The minimum absolute atomic E-state index is 0.347. The van der Waals surface area contributed by atoms with Gasteiger partial charge in [0.15, 0.2) is 0 Å².